The Bertz CT molecular complexity index is 523. The van der Waals surface area contributed by atoms with Crippen molar-refractivity contribution in [3.8, 4) is 0 Å². The van der Waals surface area contributed by atoms with E-state index in [4.69, 9.17) is 5.73 Å². The molecule has 0 saturated carbocycles. The van der Waals surface area contributed by atoms with Crippen molar-refractivity contribution in [2.45, 2.75) is 13.5 Å². The van der Waals surface area contributed by atoms with Crippen molar-refractivity contribution in [2.75, 3.05) is 11.1 Å². The topological polar surface area (TPSA) is 38.0 Å². The van der Waals surface area contributed by atoms with E-state index in [0.29, 0.717) is 0 Å². The highest BCUT2D eigenvalue weighted by molar-refractivity contribution is 9.10. The number of rotatable bonds is 3. The molecule has 2 rings (SSSR count). The van der Waals surface area contributed by atoms with E-state index in [1.165, 1.54) is 5.56 Å². The molecule has 0 bridgehead atoms. The van der Waals surface area contributed by atoms with E-state index in [2.05, 4.69) is 27.3 Å². The lowest BCUT2D eigenvalue weighted by Gasteiger charge is -2.12. The standard InChI is InChI=1S/C14H15BrN2/c1-10-13(16)7-4-8-14(10)17-9-11-5-2-3-6-12(11)15/h2-8,17H,9,16H2,1H3. The lowest BCUT2D eigenvalue weighted by molar-refractivity contribution is 1.13. The first-order valence-corrected chi connectivity index (χ1v) is 6.30. The third-order valence-electron chi connectivity index (χ3n) is 2.80. The zero-order chi connectivity index (χ0) is 12.3. The Kier molecular flexibility index (Phi) is 3.69. The molecule has 17 heavy (non-hydrogen) atoms. The van der Waals surface area contributed by atoms with Crippen LogP contribution in [0.1, 0.15) is 11.1 Å². The molecule has 3 heteroatoms. The molecule has 2 aromatic carbocycles. The van der Waals surface area contributed by atoms with Crippen LogP contribution in [0.5, 0.6) is 0 Å². The molecule has 0 fully saturated rings. The van der Waals surface area contributed by atoms with Crippen LogP contribution in [0.2, 0.25) is 0 Å². The fraction of sp³-hybridized carbons (Fsp3) is 0.143. The number of hydrogen-bond donors (Lipinski definition) is 2. The first kappa shape index (κ1) is 12.0. The molecule has 2 aromatic rings. The highest BCUT2D eigenvalue weighted by atomic mass is 79.9. The third kappa shape index (κ3) is 2.80. The summed E-state index contributed by atoms with van der Waals surface area (Å²) in [6.07, 6.45) is 0. The lowest BCUT2D eigenvalue weighted by Crippen LogP contribution is -2.03. The number of nitrogen functional groups attached to an aromatic ring is 1. The van der Waals surface area contributed by atoms with Crippen LogP contribution in [-0.2, 0) is 6.54 Å². The molecular weight excluding hydrogens is 276 g/mol. The Hall–Kier alpha value is -1.48. The SMILES string of the molecule is Cc1c(N)cccc1NCc1ccccc1Br. The predicted molar refractivity (Wildman–Crippen MR) is 77.1 cm³/mol. The summed E-state index contributed by atoms with van der Waals surface area (Å²) in [4.78, 5) is 0. The molecule has 0 aliphatic heterocycles. The van der Waals surface area contributed by atoms with Crippen molar-refractivity contribution in [3.05, 3.63) is 58.1 Å². The van der Waals surface area contributed by atoms with Crippen LogP contribution in [0, 0.1) is 6.92 Å². The molecule has 0 spiro atoms. The van der Waals surface area contributed by atoms with Gasteiger partial charge in [0.15, 0.2) is 0 Å². The minimum Gasteiger partial charge on any atom is -0.398 e. The normalized spacial score (nSPS) is 10.2. The number of nitrogens with one attached hydrogen (secondary N) is 1. The Morgan fingerprint density at radius 1 is 1.12 bits per heavy atom. The quantitative estimate of drug-likeness (QED) is 0.840. The minimum absolute atomic E-state index is 0.783. The number of halogens is 1. The van der Waals surface area contributed by atoms with E-state index < -0.39 is 0 Å². The first-order valence-electron chi connectivity index (χ1n) is 5.51. The van der Waals surface area contributed by atoms with Crippen molar-refractivity contribution >= 4 is 27.3 Å². The molecule has 2 nitrogen and oxygen atoms in total. The van der Waals surface area contributed by atoms with Crippen molar-refractivity contribution < 1.29 is 0 Å². The zero-order valence-corrected chi connectivity index (χ0v) is 11.3. The highest BCUT2D eigenvalue weighted by Crippen LogP contribution is 2.22. The van der Waals surface area contributed by atoms with Gasteiger partial charge in [-0.1, -0.05) is 40.2 Å². The van der Waals surface area contributed by atoms with Crippen molar-refractivity contribution in [2.24, 2.45) is 0 Å². The minimum atomic E-state index is 0.783. The van der Waals surface area contributed by atoms with Gasteiger partial charge in [0.2, 0.25) is 0 Å². The zero-order valence-electron chi connectivity index (χ0n) is 9.70. The summed E-state index contributed by atoms with van der Waals surface area (Å²) in [5, 5.41) is 3.40. The van der Waals surface area contributed by atoms with E-state index in [1.807, 2.05) is 43.3 Å². The van der Waals surface area contributed by atoms with Crippen LogP contribution >= 0.6 is 15.9 Å². The van der Waals surface area contributed by atoms with Gasteiger partial charge in [-0.3, -0.25) is 0 Å². The maximum atomic E-state index is 5.87. The van der Waals surface area contributed by atoms with Gasteiger partial charge in [0.1, 0.15) is 0 Å². The van der Waals surface area contributed by atoms with Gasteiger partial charge in [0, 0.05) is 22.4 Å². The largest absolute Gasteiger partial charge is 0.398 e. The number of hydrogen-bond acceptors (Lipinski definition) is 2. The van der Waals surface area contributed by atoms with E-state index in [9.17, 15) is 0 Å². The maximum Gasteiger partial charge on any atom is 0.0412 e. The van der Waals surface area contributed by atoms with Gasteiger partial charge in [-0.15, -0.1) is 0 Å². The Morgan fingerprint density at radius 2 is 1.88 bits per heavy atom. The molecule has 0 amide bonds. The third-order valence-corrected chi connectivity index (χ3v) is 3.58. The number of nitrogens with two attached hydrogens (primary N) is 1. The number of benzene rings is 2. The average molecular weight is 291 g/mol. The second-order valence-corrected chi connectivity index (χ2v) is 4.82. The Labute approximate surface area is 110 Å². The predicted octanol–water partition coefficient (Wildman–Crippen LogP) is 3.95. The van der Waals surface area contributed by atoms with Gasteiger partial charge in [0.05, 0.1) is 0 Å². The second kappa shape index (κ2) is 5.23. The molecule has 0 aromatic heterocycles. The average Bonchev–Trinajstić information content (AvgIpc) is 2.33. The van der Waals surface area contributed by atoms with E-state index >= 15 is 0 Å². The summed E-state index contributed by atoms with van der Waals surface area (Å²) in [5.41, 5.74) is 10.1. The van der Waals surface area contributed by atoms with E-state index in [1.54, 1.807) is 0 Å². The lowest BCUT2D eigenvalue weighted by atomic mass is 10.1. The van der Waals surface area contributed by atoms with Crippen molar-refractivity contribution in [1.82, 2.24) is 0 Å². The molecule has 0 heterocycles. The molecule has 3 N–H and O–H groups in total. The summed E-state index contributed by atoms with van der Waals surface area (Å²) < 4.78 is 1.12. The molecule has 0 aliphatic carbocycles. The maximum absolute atomic E-state index is 5.87. The van der Waals surface area contributed by atoms with Gasteiger partial charge >= 0.3 is 0 Å². The van der Waals surface area contributed by atoms with Gasteiger partial charge in [-0.25, -0.2) is 0 Å². The molecular formula is C14H15BrN2. The molecule has 0 saturated heterocycles. The Balaban J connectivity index is 2.13. The van der Waals surface area contributed by atoms with Crippen LogP contribution < -0.4 is 11.1 Å². The second-order valence-electron chi connectivity index (χ2n) is 3.96. The van der Waals surface area contributed by atoms with Crippen LogP contribution in [-0.4, -0.2) is 0 Å². The molecule has 0 atom stereocenters. The summed E-state index contributed by atoms with van der Waals surface area (Å²) in [6, 6.07) is 14.1. The monoisotopic (exact) mass is 290 g/mol. The van der Waals surface area contributed by atoms with Gasteiger partial charge < -0.3 is 11.1 Å². The molecule has 88 valence electrons. The fourth-order valence-corrected chi connectivity index (χ4v) is 2.10. The summed E-state index contributed by atoms with van der Waals surface area (Å²) in [5.74, 6) is 0. The van der Waals surface area contributed by atoms with E-state index in [0.717, 1.165) is 28.0 Å². The molecule has 0 unspecified atom stereocenters. The summed E-state index contributed by atoms with van der Waals surface area (Å²) in [7, 11) is 0. The number of anilines is 2. The molecule has 0 aliphatic rings. The fourth-order valence-electron chi connectivity index (χ4n) is 1.68. The van der Waals surface area contributed by atoms with Crippen LogP contribution in [0.25, 0.3) is 0 Å². The molecule has 0 radical (unpaired) electrons. The van der Waals surface area contributed by atoms with Crippen LogP contribution in [0.3, 0.4) is 0 Å². The summed E-state index contributed by atoms with van der Waals surface area (Å²) >= 11 is 3.54. The van der Waals surface area contributed by atoms with Gasteiger partial charge in [0.25, 0.3) is 0 Å². The van der Waals surface area contributed by atoms with Crippen LogP contribution in [0.15, 0.2) is 46.9 Å². The smallest absolute Gasteiger partial charge is 0.0412 e. The first-order chi connectivity index (χ1) is 8.18. The van der Waals surface area contributed by atoms with Crippen molar-refractivity contribution in [1.29, 1.82) is 0 Å². The van der Waals surface area contributed by atoms with E-state index in [-0.39, 0.29) is 0 Å². The van der Waals surface area contributed by atoms with Crippen LogP contribution in [0.4, 0.5) is 11.4 Å². The highest BCUT2D eigenvalue weighted by Gasteiger charge is 2.02. The van der Waals surface area contributed by atoms with Gasteiger partial charge in [-0.2, -0.15) is 0 Å². The summed E-state index contributed by atoms with van der Waals surface area (Å²) in [6.45, 7) is 2.81. The Morgan fingerprint density at radius 3 is 2.65 bits per heavy atom. The van der Waals surface area contributed by atoms with Gasteiger partial charge in [-0.05, 0) is 36.2 Å². The van der Waals surface area contributed by atoms with Crippen molar-refractivity contribution in [3.63, 3.8) is 0 Å².